The number of allylic oxidation sites excluding steroid dienone is 1. The molecule has 12 heteroatoms. The van der Waals surface area contributed by atoms with Gasteiger partial charge in [0.05, 0.1) is 0 Å². The number of hydrogen-bond acceptors (Lipinski definition) is 2. The van der Waals surface area contributed by atoms with Gasteiger partial charge in [-0.15, -0.1) is 0 Å². The zero-order valence-corrected chi connectivity index (χ0v) is 8.09. The van der Waals surface area contributed by atoms with Gasteiger partial charge in [-0.1, -0.05) is 0 Å². The van der Waals surface area contributed by atoms with Gasteiger partial charge in [-0.25, -0.2) is 8.78 Å². The van der Waals surface area contributed by atoms with Crippen LogP contribution in [0.25, 0.3) is 0 Å². The van der Waals surface area contributed by atoms with E-state index in [1.807, 2.05) is 0 Å². The number of rotatable bonds is 3. The molecule has 1 unspecified atom stereocenters. The largest absolute Gasteiger partial charge is 0.456 e. The highest BCUT2D eigenvalue weighted by Crippen LogP contribution is 2.43. The lowest BCUT2D eigenvalue weighted by molar-refractivity contribution is -0.300. The van der Waals surface area contributed by atoms with Gasteiger partial charge in [0.25, 0.3) is 5.16 Å². The summed E-state index contributed by atoms with van der Waals surface area (Å²) in [7, 11) is -6.06. The topological polar surface area (TPSA) is 54.4 Å². The van der Waals surface area contributed by atoms with Gasteiger partial charge in [-0.3, -0.25) is 4.55 Å². The third-order valence-corrected chi connectivity index (χ3v) is 1.98. The van der Waals surface area contributed by atoms with Crippen molar-refractivity contribution >= 4 is 10.1 Å². The fourth-order valence-electron chi connectivity index (χ4n) is 0.526. The Bertz CT molecular complexity index is 421. The molecule has 102 valence electrons. The number of hydrogen-bond donors (Lipinski definition) is 1. The van der Waals surface area contributed by atoms with Crippen LogP contribution >= 0.6 is 0 Å². The highest BCUT2D eigenvalue weighted by molar-refractivity contribution is 7.89. The van der Waals surface area contributed by atoms with Crippen molar-refractivity contribution in [2.75, 3.05) is 0 Å². The molecule has 0 saturated heterocycles. The molecule has 0 radical (unpaired) electrons. The molecule has 1 atom stereocenters. The van der Waals surface area contributed by atoms with Gasteiger partial charge in [0.15, 0.2) is 5.83 Å². The van der Waals surface area contributed by atoms with Crippen molar-refractivity contribution in [1.82, 2.24) is 0 Å². The summed E-state index contributed by atoms with van der Waals surface area (Å²) >= 11 is 0. The van der Waals surface area contributed by atoms with Crippen LogP contribution < -0.4 is 0 Å². The smallest absolute Gasteiger partial charge is 0.280 e. The molecule has 0 spiro atoms. The first-order valence-electron chi connectivity index (χ1n) is 3.34. The Morgan fingerprint density at radius 3 is 1.65 bits per heavy atom. The standard InChI is InChI=1S/C5H2F8O3S/c6-1(3(8)17(14,15)16)2(7)4(9,10)5(11,12)13/h2H,(H,14,15,16)/b3-1-. The van der Waals surface area contributed by atoms with Crippen LogP contribution in [-0.4, -0.2) is 31.2 Å². The zero-order valence-electron chi connectivity index (χ0n) is 7.27. The second kappa shape index (κ2) is 4.40. The molecule has 1 N–H and O–H groups in total. The maximum atomic E-state index is 12.3. The first-order valence-corrected chi connectivity index (χ1v) is 4.78. The Labute approximate surface area is 88.5 Å². The molecule has 0 rings (SSSR count). The van der Waals surface area contributed by atoms with Crippen molar-refractivity contribution < 1.29 is 48.1 Å². The Balaban J connectivity index is 5.57. The van der Waals surface area contributed by atoms with Gasteiger partial charge in [0.2, 0.25) is 6.17 Å². The van der Waals surface area contributed by atoms with Crippen LogP contribution in [0.3, 0.4) is 0 Å². The summed E-state index contributed by atoms with van der Waals surface area (Å²) in [5.41, 5.74) is 0. The van der Waals surface area contributed by atoms with E-state index in [0.717, 1.165) is 0 Å². The maximum absolute atomic E-state index is 12.3. The highest BCUT2D eigenvalue weighted by atomic mass is 32.2. The van der Waals surface area contributed by atoms with E-state index >= 15 is 0 Å². The van der Waals surface area contributed by atoms with Crippen LogP contribution in [0.15, 0.2) is 11.0 Å². The first kappa shape index (κ1) is 16.1. The molecule has 0 heterocycles. The average Bonchev–Trinajstić information content (AvgIpc) is 2.10. The van der Waals surface area contributed by atoms with E-state index in [2.05, 4.69) is 0 Å². The van der Waals surface area contributed by atoms with E-state index in [1.165, 1.54) is 0 Å². The lowest BCUT2D eigenvalue weighted by Gasteiger charge is -2.21. The van der Waals surface area contributed by atoms with E-state index < -0.39 is 39.4 Å². The summed E-state index contributed by atoms with van der Waals surface area (Å²) in [6.07, 6.45) is -11.5. The lowest BCUT2D eigenvalue weighted by atomic mass is 10.2. The normalized spacial score (nSPS) is 17.7. The quantitative estimate of drug-likeness (QED) is 0.643. The fraction of sp³-hybridized carbons (Fsp3) is 0.600. The molecule has 0 fully saturated rings. The van der Waals surface area contributed by atoms with Crippen molar-refractivity contribution in [3.8, 4) is 0 Å². The van der Waals surface area contributed by atoms with E-state index in [9.17, 15) is 43.5 Å². The molecular formula is C5H2F8O3S. The maximum Gasteiger partial charge on any atom is 0.456 e. The van der Waals surface area contributed by atoms with Crippen LogP contribution in [0.4, 0.5) is 35.1 Å². The molecule has 3 nitrogen and oxygen atoms in total. The van der Waals surface area contributed by atoms with Crippen LogP contribution in [0.2, 0.25) is 0 Å². The first-order chi connectivity index (χ1) is 7.23. The van der Waals surface area contributed by atoms with Crippen molar-refractivity contribution in [2.45, 2.75) is 18.3 Å². The van der Waals surface area contributed by atoms with Crippen molar-refractivity contribution in [3.63, 3.8) is 0 Å². The van der Waals surface area contributed by atoms with Crippen LogP contribution in [0.5, 0.6) is 0 Å². The molecule has 0 amide bonds. The monoisotopic (exact) mass is 294 g/mol. The molecule has 0 saturated carbocycles. The Morgan fingerprint density at radius 1 is 1.06 bits per heavy atom. The van der Waals surface area contributed by atoms with Gasteiger partial charge in [-0.2, -0.15) is 34.8 Å². The number of alkyl halides is 6. The van der Waals surface area contributed by atoms with Gasteiger partial charge in [0.1, 0.15) is 0 Å². The molecule has 0 aromatic rings. The van der Waals surface area contributed by atoms with Gasteiger partial charge >= 0.3 is 22.2 Å². The van der Waals surface area contributed by atoms with Crippen LogP contribution in [0.1, 0.15) is 0 Å². The molecule has 0 aromatic carbocycles. The summed E-state index contributed by atoms with van der Waals surface area (Å²) in [5.74, 6) is -9.92. The van der Waals surface area contributed by atoms with E-state index in [0.29, 0.717) is 0 Å². The average molecular weight is 294 g/mol. The molecule has 0 aliphatic rings. The van der Waals surface area contributed by atoms with E-state index in [4.69, 9.17) is 4.55 Å². The van der Waals surface area contributed by atoms with Gasteiger partial charge < -0.3 is 0 Å². The van der Waals surface area contributed by atoms with Crippen LogP contribution in [0, 0.1) is 0 Å². The minimum absolute atomic E-state index is 3.45. The SMILES string of the molecule is O=S(=O)(O)/C(F)=C(\F)C(F)C(F)(F)C(F)(F)F. The Hall–Kier alpha value is -0.910. The van der Waals surface area contributed by atoms with E-state index in [-0.39, 0.29) is 0 Å². The predicted molar refractivity (Wildman–Crippen MR) is 36.7 cm³/mol. The Morgan fingerprint density at radius 2 is 1.41 bits per heavy atom. The summed E-state index contributed by atoms with van der Waals surface area (Å²) in [4.78, 5) is 0. The van der Waals surface area contributed by atoms with E-state index in [1.54, 1.807) is 0 Å². The fourth-order valence-corrected chi connectivity index (χ4v) is 0.876. The summed E-state index contributed by atoms with van der Waals surface area (Å²) in [6.45, 7) is 0. The van der Waals surface area contributed by atoms with Crippen molar-refractivity contribution in [3.05, 3.63) is 11.0 Å². The minimum Gasteiger partial charge on any atom is -0.280 e. The minimum atomic E-state index is -6.57. The summed E-state index contributed by atoms with van der Waals surface area (Å²) in [5, 5.41) is -3.45. The summed E-state index contributed by atoms with van der Waals surface area (Å²) in [6, 6.07) is 0. The molecule has 0 aromatic heterocycles. The second-order valence-electron chi connectivity index (χ2n) is 2.58. The van der Waals surface area contributed by atoms with Gasteiger partial charge in [-0.05, 0) is 0 Å². The molecular weight excluding hydrogens is 292 g/mol. The van der Waals surface area contributed by atoms with Crippen LogP contribution in [-0.2, 0) is 10.1 Å². The molecule has 0 bridgehead atoms. The summed E-state index contributed by atoms with van der Waals surface area (Å²) < 4.78 is 123. The Kier molecular flexibility index (Phi) is 4.17. The second-order valence-corrected chi connectivity index (χ2v) is 3.89. The van der Waals surface area contributed by atoms with Gasteiger partial charge in [0, 0.05) is 0 Å². The highest BCUT2D eigenvalue weighted by Gasteiger charge is 2.65. The third kappa shape index (κ3) is 3.28. The third-order valence-electron chi connectivity index (χ3n) is 1.33. The number of halogens is 8. The molecule has 0 aliphatic carbocycles. The lowest BCUT2D eigenvalue weighted by Crippen LogP contribution is -2.45. The zero-order chi connectivity index (χ0) is 14.2. The molecule has 17 heavy (non-hydrogen) atoms. The predicted octanol–water partition coefficient (Wildman–Crippen LogP) is 2.52. The van der Waals surface area contributed by atoms with Crippen molar-refractivity contribution in [1.29, 1.82) is 0 Å². The molecule has 0 aliphatic heterocycles. The van der Waals surface area contributed by atoms with Crippen molar-refractivity contribution in [2.24, 2.45) is 0 Å².